The maximum Gasteiger partial charge on any atom is -0.0414 e. The Labute approximate surface area is 116 Å². The summed E-state index contributed by atoms with van der Waals surface area (Å²) in [6.45, 7) is 4.60. The third-order valence-electron chi connectivity index (χ3n) is 4.84. The second-order valence-electron chi connectivity index (χ2n) is 6.59. The van der Waals surface area contributed by atoms with Crippen LogP contribution in [0.4, 0.5) is 0 Å². The minimum absolute atomic E-state index is 1.10. The van der Waals surface area contributed by atoms with Crippen LogP contribution in [0.2, 0.25) is 0 Å². The van der Waals surface area contributed by atoms with Crippen molar-refractivity contribution in [1.29, 1.82) is 0 Å². The molecule has 0 unspecified atom stereocenters. The van der Waals surface area contributed by atoms with E-state index in [1.165, 1.54) is 89.9 Å². The zero-order valence-electron chi connectivity index (χ0n) is 13.1. The Morgan fingerprint density at radius 3 is 1.17 bits per heavy atom. The van der Waals surface area contributed by atoms with Gasteiger partial charge in [-0.3, -0.25) is 0 Å². The molecule has 0 N–H and O–H groups in total. The molecule has 0 nitrogen and oxygen atoms in total. The summed E-state index contributed by atoms with van der Waals surface area (Å²) in [5.41, 5.74) is 0. The number of rotatable bonds is 4. The first kappa shape index (κ1) is 16.1. The maximum atomic E-state index is 2.30. The molecule has 108 valence electrons. The van der Waals surface area contributed by atoms with Gasteiger partial charge in [0.2, 0.25) is 0 Å². The fraction of sp³-hybridized carbons (Fsp3) is 1.00. The molecule has 0 amide bonds. The second kappa shape index (κ2) is 10.9. The van der Waals surface area contributed by atoms with Crippen LogP contribution in [0, 0.1) is 11.8 Å². The van der Waals surface area contributed by atoms with Gasteiger partial charge in [-0.25, -0.2) is 0 Å². The SMILES string of the molecule is CCCC1CCCCC1.CCCC1CCCCC1. The van der Waals surface area contributed by atoms with Gasteiger partial charge in [0.1, 0.15) is 0 Å². The molecule has 0 radical (unpaired) electrons. The average Bonchev–Trinajstić information content (AvgIpc) is 2.43. The van der Waals surface area contributed by atoms with E-state index >= 15 is 0 Å². The fourth-order valence-corrected chi connectivity index (χ4v) is 3.77. The van der Waals surface area contributed by atoms with Gasteiger partial charge < -0.3 is 0 Å². The van der Waals surface area contributed by atoms with Crippen molar-refractivity contribution in [3.8, 4) is 0 Å². The normalized spacial score (nSPS) is 22.3. The van der Waals surface area contributed by atoms with E-state index in [0.717, 1.165) is 11.8 Å². The lowest BCUT2D eigenvalue weighted by atomic mass is 9.86. The van der Waals surface area contributed by atoms with Crippen LogP contribution in [0.15, 0.2) is 0 Å². The lowest BCUT2D eigenvalue weighted by Gasteiger charge is -2.20. The van der Waals surface area contributed by atoms with E-state index in [-0.39, 0.29) is 0 Å². The summed E-state index contributed by atoms with van der Waals surface area (Å²) in [4.78, 5) is 0. The third kappa shape index (κ3) is 7.44. The standard InChI is InChI=1S/2C9H18/c2*1-2-6-9-7-4-3-5-8-9/h2*9H,2-8H2,1H3. The van der Waals surface area contributed by atoms with Gasteiger partial charge in [-0.05, 0) is 11.8 Å². The molecule has 2 aliphatic rings. The molecule has 2 rings (SSSR count). The highest BCUT2D eigenvalue weighted by atomic mass is 14.2. The smallest absolute Gasteiger partial charge is 0.0414 e. The van der Waals surface area contributed by atoms with Gasteiger partial charge >= 0.3 is 0 Å². The zero-order valence-corrected chi connectivity index (χ0v) is 13.1. The van der Waals surface area contributed by atoms with Gasteiger partial charge in [0.25, 0.3) is 0 Å². The molecule has 2 aliphatic carbocycles. The number of hydrogen-bond acceptors (Lipinski definition) is 0. The molecular weight excluding hydrogens is 216 g/mol. The molecule has 0 atom stereocenters. The largest absolute Gasteiger partial charge is 0.0654 e. The fourth-order valence-electron chi connectivity index (χ4n) is 3.77. The molecule has 2 saturated carbocycles. The van der Waals surface area contributed by atoms with Crippen molar-refractivity contribution >= 4 is 0 Å². The summed E-state index contributed by atoms with van der Waals surface area (Å²) in [6.07, 6.45) is 20.9. The summed E-state index contributed by atoms with van der Waals surface area (Å²) >= 11 is 0. The van der Waals surface area contributed by atoms with Crippen LogP contribution in [-0.2, 0) is 0 Å². The van der Waals surface area contributed by atoms with Crippen molar-refractivity contribution in [3.05, 3.63) is 0 Å². The first-order valence-corrected chi connectivity index (χ1v) is 8.86. The van der Waals surface area contributed by atoms with Crippen molar-refractivity contribution in [3.63, 3.8) is 0 Å². The Morgan fingerprint density at radius 2 is 0.889 bits per heavy atom. The Balaban J connectivity index is 0.000000180. The molecule has 0 spiro atoms. The van der Waals surface area contributed by atoms with Crippen molar-refractivity contribution < 1.29 is 0 Å². The van der Waals surface area contributed by atoms with Crippen LogP contribution in [0.3, 0.4) is 0 Å². The van der Waals surface area contributed by atoms with E-state index in [4.69, 9.17) is 0 Å². The Kier molecular flexibility index (Phi) is 9.70. The first-order valence-electron chi connectivity index (χ1n) is 8.86. The molecule has 0 bridgehead atoms. The molecule has 0 aromatic carbocycles. The van der Waals surface area contributed by atoms with E-state index in [9.17, 15) is 0 Å². The van der Waals surface area contributed by atoms with Gasteiger partial charge in [0, 0.05) is 0 Å². The summed E-state index contributed by atoms with van der Waals surface area (Å²) in [7, 11) is 0. The Hall–Kier alpha value is 0. The van der Waals surface area contributed by atoms with E-state index < -0.39 is 0 Å². The van der Waals surface area contributed by atoms with Crippen LogP contribution in [0.25, 0.3) is 0 Å². The highest BCUT2D eigenvalue weighted by Crippen LogP contribution is 2.27. The van der Waals surface area contributed by atoms with Gasteiger partial charge in [0.15, 0.2) is 0 Å². The molecule has 0 heterocycles. The van der Waals surface area contributed by atoms with E-state index in [1.807, 2.05) is 0 Å². The van der Waals surface area contributed by atoms with Gasteiger partial charge in [-0.1, -0.05) is 104 Å². The van der Waals surface area contributed by atoms with E-state index in [1.54, 1.807) is 0 Å². The minimum Gasteiger partial charge on any atom is -0.0654 e. The van der Waals surface area contributed by atoms with E-state index in [2.05, 4.69) is 13.8 Å². The minimum atomic E-state index is 1.10. The van der Waals surface area contributed by atoms with Crippen LogP contribution in [0.1, 0.15) is 104 Å². The number of hydrogen-bond donors (Lipinski definition) is 0. The van der Waals surface area contributed by atoms with Gasteiger partial charge in [-0.2, -0.15) is 0 Å². The molecule has 18 heavy (non-hydrogen) atoms. The topological polar surface area (TPSA) is 0 Å². The molecule has 0 heteroatoms. The van der Waals surface area contributed by atoms with Crippen molar-refractivity contribution in [1.82, 2.24) is 0 Å². The van der Waals surface area contributed by atoms with Crippen molar-refractivity contribution in [2.24, 2.45) is 11.8 Å². The van der Waals surface area contributed by atoms with Crippen LogP contribution in [0.5, 0.6) is 0 Å². The highest BCUT2D eigenvalue weighted by molar-refractivity contribution is 4.65. The Bertz CT molecular complexity index is 135. The second-order valence-corrected chi connectivity index (χ2v) is 6.59. The molecule has 0 aromatic heterocycles. The first-order chi connectivity index (χ1) is 8.86. The molecule has 0 aromatic rings. The van der Waals surface area contributed by atoms with Crippen molar-refractivity contribution in [2.75, 3.05) is 0 Å². The average molecular weight is 252 g/mol. The predicted molar refractivity (Wildman–Crippen MR) is 83.0 cm³/mol. The highest BCUT2D eigenvalue weighted by Gasteiger charge is 2.11. The molecule has 0 saturated heterocycles. The van der Waals surface area contributed by atoms with E-state index in [0.29, 0.717) is 0 Å². The van der Waals surface area contributed by atoms with Crippen LogP contribution in [-0.4, -0.2) is 0 Å². The summed E-state index contributed by atoms with van der Waals surface area (Å²) < 4.78 is 0. The van der Waals surface area contributed by atoms with Gasteiger partial charge in [0.05, 0.1) is 0 Å². The lowest BCUT2D eigenvalue weighted by Crippen LogP contribution is -2.04. The third-order valence-corrected chi connectivity index (χ3v) is 4.84. The Morgan fingerprint density at radius 1 is 0.556 bits per heavy atom. The monoisotopic (exact) mass is 252 g/mol. The van der Waals surface area contributed by atoms with Crippen molar-refractivity contribution in [2.45, 2.75) is 104 Å². The molecular formula is C18H36. The van der Waals surface area contributed by atoms with Gasteiger partial charge in [-0.15, -0.1) is 0 Å². The quantitative estimate of drug-likeness (QED) is 0.520. The van der Waals surface area contributed by atoms with Crippen LogP contribution >= 0.6 is 0 Å². The maximum absolute atomic E-state index is 2.30. The predicted octanol–water partition coefficient (Wildman–Crippen LogP) is 6.73. The lowest BCUT2D eigenvalue weighted by molar-refractivity contribution is 0.336. The summed E-state index contributed by atoms with van der Waals surface area (Å²) in [5, 5.41) is 0. The molecule has 0 aliphatic heterocycles. The molecule has 2 fully saturated rings. The summed E-state index contributed by atoms with van der Waals surface area (Å²) in [5.74, 6) is 2.20. The zero-order chi connectivity index (χ0) is 13.1. The van der Waals surface area contributed by atoms with Crippen LogP contribution < -0.4 is 0 Å². The summed E-state index contributed by atoms with van der Waals surface area (Å²) in [6, 6.07) is 0.